The lowest BCUT2D eigenvalue weighted by molar-refractivity contribution is -0.384. The van der Waals surface area contributed by atoms with Crippen LogP contribution < -0.4 is 19.7 Å². The molecule has 3 aromatic carbocycles. The number of H-pyrrole nitrogens is 1. The van der Waals surface area contributed by atoms with Gasteiger partial charge in [-0.05, 0) is 129 Å². The number of halogens is 1. The first kappa shape index (κ1) is 45.0. The van der Waals surface area contributed by atoms with Gasteiger partial charge in [0.2, 0.25) is 0 Å². The Hall–Kier alpha value is -5.22. The standard InChI is InChI=1S/C49H58ClN7O7S/c1-31(2)36-7-4-5-8-37(36)38-9-6-10-41(38)56-29-49(30-56)20-23-55(24-21-49)34-11-13-39(43(26-34)64-44-25-33-17-22-51-46(33)53-45(44)50)47(58)54-65(62,63)35-12-14-40(42(27-35)57(60)61)52-28-32-15-18-48(3,59)19-16-32/h4-5,7-8,11-14,17,22,25-27,31-32,38,41,52,59H,6,9-10,15-16,18-21,23-24,28-30H2,1-3H3,(H,51,53)(H,54,58)/t32-,38-,41-,48-/m0/s1. The number of nitro groups is 1. The molecule has 0 bridgehead atoms. The van der Waals surface area contributed by atoms with Gasteiger partial charge in [0.25, 0.3) is 21.6 Å². The lowest BCUT2D eigenvalue weighted by Crippen LogP contribution is -2.63. The van der Waals surface area contributed by atoms with E-state index in [0.29, 0.717) is 42.9 Å². The van der Waals surface area contributed by atoms with Gasteiger partial charge < -0.3 is 25.0 Å². The minimum absolute atomic E-state index is 0.0485. The van der Waals surface area contributed by atoms with Crippen molar-refractivity contribution in [2.75, 3.05) is 42.9 Å². The lowest BCUT2D eigenvalue weighted by Gasteiger charge is -2.57. The first-order valence-electron chi connectivity index (χ1n) is 22.9. The van der Waals surface area contributed by atoms with Crippen LogP contribution in [0.25, 0.3) is 11.0 Å². The highest BCUT2D eigenvalue weighted by molar-refractivity contribution is 7.90. The molecule has 2 atom stereocenters. The normalized spacial score (nSPS) is 23.4. The molecule has 2 saturated carbocycles. The first-order valence-corrected chi connectivity index (χ1v) is 24.8. The Morgan fingerprint density at radius 1 is 1.00 bits per heavy atom. The van der Waals surface area contributed by atoms with E-state index in [1.54, 1.807) is 24.4 Å². The van der Waals surface area contributed by atoms with Crippen LogP contribution in [0.15, 0.2) is 83.9 Å². The van der Waals surface area contributed by atoms with Crippen molar-refractivity contribution in [1.82, 2.24) is 19.6 Å². The van der Waals surface area contributed by atoms with Crippen LogP contribution in [0.2, 0.25) is 5.15 Å². The van der Waals surface area contributed by atoms with Crippen LogP contribution in [0.4, 0.5) is 17.1 Å². The Balaban J connectivity index is 0.908. The minimum Gasteiger partial charge on any atom is -0.453 e. The molecule has 16 heteroatoms. The molecule has 4 fully saturated rings. The zero-order valence-corrected chi connectivity index (χ0v) is 38.8. The van der Waals surface area contributed by atoms with Crippen molar-refractivity contribution in [3.05, 3.63) is 111 Å². The smallest absolute Gasteiger partial charge is 0.293 e. The second-order valence-electron chi connectivity index (χ2n) is 19.4. The number of hydrogen-bond donors (Lipinski definition) is 4. The Morgan fingerprint density at radius 2 is 1.75 bits per heavy atom. The van der Waals surface area contributed by atoms with E-state index < -0.39 is 37.0 Å². The van der Waals surface area contributed by atoms with E-state index in [4.69, 9.17) is 16.3 Å². The number of anilines is 2. The third kappa shape index (κ3) is 9.43. The van der Waals surface area contributed by atoms with Gasteiger partial charge in [-0.25, -0.2) is 18.1 Å². The summed E-state index contributed by atoms with van der Waals surface area (Å²) in [5.74, 6) is 0.533. The van der Waals surface area contributed by atoms with Gasteiger partial charge in [-0.3, -0.25) is 19.8 Å². The van der Waals surface area contributed by atoms with Crippen molar-refractivity contribution in [3.8, 4) is 11.5 Å². The molecular weight excluding hydrogens is 866 g/mol. The molecule has 2 saturated heterocycles. The first-order chi connectivity index (χ1) is 31.1. The molecule has 0 radical (unpaired) electrons. The number of likely N-dealkylation sites (tertiary alicyclic amines) is 1. The number of nitro benzene ring substituents is 1. The predicted octanol–water partition coefficient (Wildman–Crippen LogP) is 9.75. The molecule has 4 N–H and O–H groups in total. The summed E-state index contributed by atoms with van der Waals surface area (Å²) in [4.78, 5) is 37.5. The van der Waals surface area contributed by atoms with E-state index in [1.807, 2.05) is 13.0 Å². The summed E-state index contributed by atoms with van der Waals surface area (Å²) in [6.07, 6.45) is 10.3. The summed E-state index contributed by atoms with van der Waals surface area (Å²) in [5, 5.41) is 26.4. The van der Waals surface area contributed by atoms with Gasteiger partial charge in [-0.1, -0.05) is 56.1 Å². The fraction of sp³-hybridized carbons (Fsp3) is 0.469. The Morgan fingerprint density at radius 3 is 2.49 bits per heavy atom. The molecule has 4 aliphatic rings. The maximum absolute atomic E-state index is 14.0. The zero-order valence-electron chi connectivity index (χ0n) is 37.2. The van der Waals surface area contributed by atoms with Gasteiger partial charge in [0, 0.05) is 68.2 Å². The molecule has 2 aliphatic heterocycles. The third-order valence-electron chi connectivity index (χ3n) is 14.6. The van der Waals surface area contributed by atoms with Crippen LogP contribution in [0.5, 0.6) is 11.5 Å². The molecule has 9 rings (SSSR count). The van der Waals surface area contributed by atoms with E-state index in [0.717, 1.165) is 69.0 Å². The van der Waals surface area contributed by atoms with Crippen molar-refractivity contribution in [2.45, 2.75) is 107 Å². The van der Waals surface area contributed by atoms with Crippen LogP contribution >= 0.6 is 11.6 Å². The van der Waals surface area contributed by atoms with Crippen LogP contribution in [-0.2, 0) is 10.0 Å². The average Bonchev–Trinajstić information content (AvgIpc) is 3.95. The highest BCUT2D eigenvalue weighted by atomic mass is 35.5. The molecular formula is C49H58ClN7O7S. The minimum atomic E-state index is -4.60. The van der Waals surface area contributed by atoms with E-state index in [1.165, 1.54) is 48.6 Å². The number of fused-ring (bicyclic) bond motifs is 1. The van der Waals surface area contributed by atoms with Gasteiger partial charge in [0.15, 0.2) is 10.9 Å². The second-order valence-corrected chi connectivity index (χ2v) is 21.5. The number of nitrogens with one attached hydrogen (secondary N) is 3. The number of carbonyl (C=O) groups excluding carboxylic acids is 1. The van der Waals surface area contributed by atoms with Crippen molar-refractivity contribution < 1.29 is 28.0 Å². The van der Waals surface area contributed by atoms with Crippen molar-refractivity contribution >= 4 is 55.6 Å². The van der Waals surface area contributed by atoms with E-state index in [2.05, 4.69) is 67.9 Å². The number of aromatic amines is 1. The number of carbonyl (C=O) groups is 1. The summed E-state index contributed by atoms with van der Waals surface area (Å²) < 4.78 is 36.0. The van der Waals surface area contributed by atoms with Crippen LogP contribution in [0.3, 0.4) is 0 Å². The number of benzene rings is 3. The van der Waals surface area contributed by atoms with Crippen LogP contribution in [-0.4, -0.2) is 83.6 Å². The number of aliphatic hydroxyl groups is 1. The highest BCUT2D eigenvalue weighted by Crippen LogP contribution is 2.49. The van der Waals surface area contributed by atoms with E-state index in [9.17, 15) is 28.4 Å². The Bertz CT molecular complexity index is 2700. The van der Waals surface area contributed by atoms with Gasteiger partial charge >= 0.3 is 0 Å². The number of nitrogens with zero attached hydrogens (tertiary/aromatic N) is 4. The number of aromatic nitrogens is 2. The number of amides is 1. The monoisotopic (exact) mass is 923 g/mol. The molecule has 0 unspecified atom stereocenters. The maximum atomic E-state index is 14.0. The Kier molecular flexibility index (Phi) is 12.4. The fourth-order valence-corrected chi connectivity index (χ4v) is 12.0. The Labute approximate surface area is 385 Å². The van der Waals surface area contributed by atoms with Gasteiger partial charge in [0.1, 0.15) is 17.1 Å². The van der Waals surface area contributed by atoms with Crippen molar-refractivity contribution in [3.63, 3.8) is 0 Å². The third-order valence-corrected chi connectivity index (χ3v) is 16.2. The topological polar surface area (TPSA) is 183 Å². The van der Waals surface area contributed by atoms with Crippen molar-refractivity contribution in [1.29, 1.82) is 0 Å². The SMILES string of the molecule is CC(C)c1ccccc1[C@@H]1CCC[C@@H]1N1CC2(CCN(c3ccc(C(=O)NS(=O)(=O)c4ccc(NC[C@H]5CC[C@](C)(O)CC5)c([N+](=O)[O-])c4)c(Oc4cc5cc[nH]c5nc4Cl)c3)CC2)C1. The average molecular weight is 925 g/mol. The molecule has 2 aliphatic carbocycles. The summed E-state index contributed by atoms with van der Waals surface area (Å²) >= 11 is 6.59. The summed E-state index contributed by atoms with van der Waals surface area (Å²) in [7, 11) is -4.60. The maximum Gasteiger partial charge on any atom is 0.293 e. The summed E-state index contributed by atoms with van der Waals surface area (Å²) in [6.45, 7) is 10.6. The molecule has 4 heterocycles. The molecule has 14 nitrogen and oxygen atoms in total. The van der Waals surface area contributed by atoms with E-state index in [-0.39, 0.29) is 39.2 Å². The zero-order chi connectivity index (χ0) is 45.7. The van der Waals surface area contributed by atoms with Crippen molar-refractivity contribution in [2.24, 2.45) is 11.3 Å². The second kappa shape index (κ2) is 17.9. The number of pyridine rings is 1. The lowest BCUT2D eigenvalue weighted by atomic mass is 9.70. The number of sulfonamides is 1. The van der Waals surface area contributed by atoms with E-state index >= 15 is 0 Å². The van der Waals surface area contributed by atoms with Gasteiger partial charge in [0.05, 0.1) is 21.0 Å². The van der Waals surface area contributed by atoms with Crippen LogP contribution in [0, 0.1) is 21.4 Å². The van der Waals surface area contributed by atoms with Gasteiger partial charge in [-0.2, -0.15) is 0 Å². The summed E-state index contributed by atoms with van der Waals surface area (Å²) in [6, 6.07) is 21.7. The number of rotatable bonds is 13. The molecule has 65 heavy (non-hydrogen) atoms. The highest BCUT2D eigenvalue weighted by Gasteiger charge is 2.49. The number of piperidine rings is 1. The predicted molar refractivity (Wildman–Crippen MR) is 253 cm³/mol. The van der Waals surface area contributed by atoms with Crippen LogP contribution in [0.1, 0.15) is 112 Å². The molecule has 1 amide bonds. The summed E-state index contributed by atoms with van der Waals surface area (Å²) in [5.41, 5.74) is 3.55. The molecule has 1 spiro atoms. The largest absolute Gasteiger partial charge is 0.453 e. The molecule has 5 aromatic rings. The number of hydrogen-bond acceptors (Lipinski definition) is 11. The van der Waals surface area contributed by atoms with Gasteiger partial charge in [-0.15, -0.1) is 0 Å². The molecule has 2 aromatic heterocycles. The quantitative estimate of drug-likeness (QED) is 0.0501. The molecule has 344 valence electrons. The fourth-order valence-electron chi connectivity index (χ4n) is 10.8. The number of ether oxygens (including phenoxy) is 1.